The van der Waals surface area contributed by atoms with Crippen LogP contribution in [0.5, 0.6) is 0 Å². The third kappa shape index (κ3) is 3.37. The van der Waals surface area contributed by atoms with Crippen LogP contribution in [0.15, 0.2) is 30.3 Å². The van der Waals surface area contributed by atoms with E-state index < -0.39 is 47.3 Å². The number of carbonyl (C=O) groups excluding carboxylic acids is 2. The first-order chi connectivity index (χ1) is 12.2. The zero-order chi connectivity index (χ0) is 19.1. The third-order valence-corrected chi connectivity index (χ3v) is 5.84. The van der Waals surface area contributed by atoms with Gasteiger partial charge in [0.15, 0.2) is 0 Å². The number of nitrogens with one attached hydrogen (secondary N) is 1. The molecule has 0 spiro atoms. The van der Waals surface area contributed by atoms with Crippen LogP contribution in [0.2, 0.25) is 0 Å². The number of halogens is 3. The minimum absolute atomic E-state index is 0.160. The van der Waals surface area contributed by atoms with Crippen molar-refractivity contribution >= 4 is 29.5 Å². The Morgan fingerprint density at radius 1 is 1.23 bits per heavy atom. The van der Waals surface area contributed by atoms with E-state index in [1.165, 1.54) is 11.8 Å². The Hall–Kier alpha value is -2.23. The Balaban J connectivity index is 1.95. The van der Waals surface area contributed by atoms with Gasteiger partial charge in [0.1, 0.15) is 12.1 Å². The van der Waals surface area contributed by atoms with Crippen LogP contribution < -0.4 is 5.32 Å². The molecule has 2 saturated heterocycles. The van der Waals surface area contributed by atoms with Crippen LogP contribution in [0.4, 0.5) is 13.2 Å². The van der Waals surface area contributed by atoms with Crippen molar-refractivity contribution in [2.24, 2.45) is 0 Å². The first kappa shape index (κ1) is 18.6. The first-order valence-electron chi connectivity index (χ1n) is 7.79. The molecular formula is C16H15F3N2O4S. The van der Waals surface area contributed by atoms with Crippen molar-refractivity contribution in [1.29, 1.82) is 0 Å². The summed E-state index contributed by atoms with van der Waals surface area (Å²) in [6, 6.07) is 5.88. The maximum atomic E-state index is 12.8. The van der Waals surface area contributed by atoms with Gasteiger partial charge in [-0.25, -0.2) is 4.79 Å². The first-order valence-corrected chi connectivity index (χ1v) is 8.84. The fourth-order valence-electron chi connectivity index (χ4n) is 3.33. The van der Waals surface area contributed by atoms with Crippen LogP contribution in [-0.2, 0) is 14.4 Å². The van der Waals surface area contributed by atoms with Crippen molar-refractivity contribution in [3.05, 3.63) is 35.9 Å². The van der Waals surface area contributed by atoms with Gasteiger partial charge < -0.3 is 15.3 Å². The normalized spacial score (nSPS) is 28.6. The van der Waals surface area contributed by atoms with Gasteiger partial charge in [-0.05, 0) is 12.0 Å². The number of amides is 2. The highest BCUT2D eigenvalue weighted by Gasteiger charge is 2.52. The summed E-state index contributed by atoms with van der Waals surface area (Å²) in [5.74, 6) is -4.74. The quantitative estimate of drug-likeness (QED) is 0.821. The van der Waals surface area contributed by atoms with Crippen molar-refractivity contribution in [2.75, 3.05) is 5.75 Å². The molecule has 0 saturated carbocycles. The minimum atomic E-state index is -5.13. The van der Waals surface area contributed by atoms with Crippen molar-refractivity contribution in [2.45, 2.75) is 36.0 Å². The number of alkyl halides is 3. The number of thioether (sulfide) groups is 1. The number of fused-ring (bicyclic) bond motifs is 1. The molecule has 4 atom stereocenters. The summed E-state index contributed by atoms with van der Waals surface area (Å²) in [5, 5.41) is 10.6. The van der Waals surface area contributed by atoms with Crippen molar-refractivity contribution in [1.82, 2.24) is 10.2 Å². The molecule has 10 heteroatoms. The standard InChI is InChI=1S/C16H15F3N2O4S/c17-16(18,19)15(25)20-12-9(8-4-2-1-3-5-8)6-11-21(13(12)22)10(7-26-11)14(23)24/h1-5,9-12H,6-7H2,(H,20,25)(H,23,24)/t9-,10-,11-,12-/m0/s1. The summed E-state index contributed by atoms with van der Waals surface area (Å²) in [6.45, 7) is 0. The van der Waals surface area contributed by atoms with E-state index in [0.29, 0.717) is 5.56 Å². The molecule has 2 aliphatic heterocycles. The van der Waals surface area contributed by atoms with E-state index in [1.54, 1.807) is 35.6 Å². The average Bonchev–Trinajstić information content (AvgIpc) is 3.01. The second-order valence-corrected chi connectivity index (χ2v) is 7.30. The summed E-state index contributed by atoms with van der Waals surface area (Å²) in [7, 11) is 0. The van der Waals surface area contributed by atoms with E-state index >= 15 is 0 Å². The second-order valence-electron chi connectivity index (χ2n) is 6.09. The number of nitrogens with zero attached hydrogens (tertiary/aromatic N) is 1. The lowest BCUT2D eigenvalue weighted by Gasteiger charge is -2.41. The molecule has 2 aliphatic rings. The van der Waals surface area contributed by atoms with Gasteiger partial charge in [-0.15, -0.1) is 11.8 Å². The molecule has 1 aromatic carbocycles. The van der Waals surface area contributed by atoms with Gasteiger partial charge in [-0.3, -0.25) is 9.59 Å². The Bertz CT molecular complexity index is 728. The molecule has 0 bridgehead atoms. The van der Waals surface area contributed by atoms with E-state index in [4.69, 9.17) is 0 Å². The van der Waals surface area contributed by atoms with Crippen molar-refractivity contribution in [3.63, 3.8) is 0 Å². The average molecular weight is 388 g/mol. The van der Waals surface area contributed by atoms with Crippen LogP contribution in [0.25, 0.3) is 0 Å². The van der Waals surface area contributed by atoms with Gasteiger partial charge in [0.2, 0.25) is 5.91 Å². The molecule has 1 aromatic rings. The highest BCUT2D eigenvalue weighted by molar-refractivity contribution is 8.00. The van der Waals surface area contributed by atoms with Crippen molar-refractivity contribution in [3.8, 4) is 0 Å². The number of carboxylic acids is 1. The number of benzene rings is 1. The van der Waals surface area contributed by atoms with Gasteiger partial charge in [-0.1, -0.05) is 30.3 Å². The lowest BCUT2D eigenvalue weighted by molar-refractivity contribution is -0.176. The summed E-state index contributed by atoms with van der Waals surface area (Å²) in [5.41, 5.74) is 0.618. The molecule has 2 N–H and O–H groups in total. The number of piperidine rings is 1. The molecule has 6 nitrogen and oxygen atoms in total. The fraction of sp³-hybridized carbons (Fsp3) is 0.438. The van der Waals surface area contributed by atoms with Gasteiger partial charge in [0.25, 0.3) is 0 Å². The molecule has 2 amide bonds. The predicted molar refractivity (Wildman–Crippen MR) is 86.3 cm³/mol. The van der Waals surface area contributed by atoms with E-state index in [0.717, 1.165) is 4.90 Å². The Labute approximate surface area is 150 Å². The molecule has 2 heterocycles. The van der Waals surface area contributed by atoms with Crippen LogP contribution >= 0.6 is 11.8 Å². The molecule has 0 radical (unpaired) electrons. The highest BCUT2D eigenvalue weighted by Crippen LogP contribution is 2.42. The zero-order valence-electron chi connectivity index (χ0n) is 13.3. The topological polar surface area (TPSA) is 86.7 Å². The summed E-state index contributed by atoms with van der Waals surface area (Å²) in [4.78, 5) is 36.7. The van der Waals surface area contributed by atoms with E-state index in [1.807, 2.05) is 0 Å². The molecular weight excluding hydrogens is 373 g/mol. The maximum absolute atomic E-state index is 12.8. The predicted octanol–water partition coefficient (Wildman–Crippen LogP) is 1.58. The van der Waals surface area contributed by atoms with Crippen LogP contribution in [0.3, 0.4) is 0 Å². The minimum Gasteiger partial charge on any atom is -0.480 e. The summed E-state index contributed by atoms with van der Waals surface area (Å²) >= 11 is 1.28. The van der Waals surface area contributed by atoms with Crippen LogP contribution in [0, 0.1) is 0 Å². The van der Waals surface area contributed by atoms with Crippen LogP contribution in [-0.4, -0.2) is 57.2 Å². The lowest BCUT2D eigenvalue weighted by Crippen LogP contribution is -2.61. The zero-order valence-corrected chi connectivity index (χ0v) is 14.1. The lowest BCUT2D eigenvalue weighted by atomic mass is 9.84. The number of carboxylic acid groups (broad SMARTS) is 1. The number of aliphatic carboxylic acids is 1. The molecule has 2 fully saturated rings. The monoisotopic (exact) mass is 388 g/mol. The van der Waals surface area contributed by atoms with Gasteiger partial charge in [0.05, 0.1) is 5.37 Å². The van der Waals surface area contributed by atoms with E-state index in [2.05, 4.69) is 0 Å². The molecule has 26 heavy (non-hydrogen) atoms. The number of hydrogen-bond acceptors (Lipinski definition) is 4. The summed E-state index contributed by atoms with van der Waals surface area (Å²) in [6.07, 6.45) is -4.88. The molecule has 0 unspecified atom stereocenters. The maximum Gasteiger partial charge on any atom is 0.471 e. The Morgan fingerprint density at radius 3 is 2.46 bits per heavy atom. The van der Waals surface area contributed by atoms with E-state index in [9.17, 15) is 32.7 Å². The smallest absolute Gasteiger partial charge is 0.471 e. The fourth-order valence-corrected chi connectivity index (χ4v) is 4.79. The van der Waals surface area contributed by atoms with Crippen molar-refractivity contribution < 1.29 is 32.7 Å². The largest absolute Gasteiger partial charge is 0.480 e. The number of carbonyl (C=O) groups is 3. The summed E-state index contributed by atoms with van der Waals surface area (Å²) < 4.78 is 38.1. The number of rotatable bonds is 3. The molecule has 0 aromatic heterocycles. The second kappa shape index (κ2) is 6.82. The van der Waals surface area contributed by atoms with Gasteiger partial charge >= 0.3 is 18.1 Å². The highest BCUT2D eigenvalue weighted by atomic mass is 32.2. The molecule has 3 rings (SSSR count). The van der Waals surface area contributed by atoms with Gasteiger partial charge in [-0.2, -0.15) is 13.2 Å². The number of hydrogen-bond donors (Lipinski definition) is 2. The molecule has 140 valence electrons. The molecule has 0 aliphatic carbocycles. The Kier molecular flexibility index (Phi) is 4.87. The van der Waals surface area contributed by atoms with E-state index in [-0.39, 0.29) is 12.2 Å². The van der Waals surface area contributed by atoms with Gasteiger partial charge in [0, 0.05) is 11.7 Å². The SMILES string of the molecule is O=C(O)[C@@H]1CS[C@H]2C[C@@H](c3ccccc3)[C@H](NC(=O)C(F)(F)F)C(=O)N21. The van der Waals surface area contributed by atoms with Crippen LogP contribution in [0.1, 0.15) is 17.9 Å². The third-order valence-electron chi connectivity index (χ3n) is 4.53. The Morgan fingerprint density at radius 2 is 1.88 bits per heavy atom.